The van der Waals surface area contributed by atoms with Gasteiger partial charge in [0.05, 0.1) is 30.1 Å². The minimum atomic E-state index is -3.71. The number of hydrogen-bond acceptors (Lipinski definition) is 6. The summed E-state index contributed by atoms with van der Waals surface area (Å²) in [7, 11) is -2.43. The summed E-state index contributed by atoms with van der Waals surface area (Å²) < 4.78 is 29.6. The maximum absolute atomic E-state index is 11.4. The van der Waals surface area contributed by atoms with Gasteiger partial charge in [-0.1, -0.05) is 0 Å². The van der Waals surface area contributed by atoms with E-state index in [2.05, 4.69) is 4.72 Å². The number of nitrogens with zero attached hydrogens (tertiary/aromatic N) is 1. The molecular formula is C9H12N2O6S. The van der Waals surface area contributed by atoms with Gasteiger partial charge in [-0.2, -0.15) is 0 Å². The Kier molecular flexibility index (Phi) is 4.45. The van der Waals surface area contributed by atoms with Crippen molar-refractivity contribution in [1.82, 2.24) is 0 Å². The molecule has 0 amide bonds. The molecule has 0 saturated heterocycles. The predicted molar refractivity (Wildman–Crippen MR) is 64.1 cm³/mol. The van der Waals surface area contributed by atoms with Crippen molar-refractivity contribution in [2.24, 2.45) is 0 Å². The van der Waals surface area contributed by atoms with Crippen LogP contribution in [-0.2, 0) is 10.0 Å². The number of nitrogens with one attached hydrogen (secondary N) is 1. The van der Waals surface area contributed by atoms with Crippen LogP contribution in [-0.4, -0.2) is 37.9 Å². The maximum Gasteiger partial charge on any atom is 0.312 e. The van der Waals surface area contributed by atoms with Crippen LogP contribution in [0.1, 0.15) is 0 Å². The number of aliphatic hydroxyl groups is 1. The van der Waals surface area contributed by atoms with Gasteiger partial charge in [0.2, 0.25) is 10.0 Å². The summed E-state index contributed by atoms with van der Waals surface area (Å²) in [5, 5.41) is 19.3. The fourth-order valence-corrected chi connectivity index (χ4v) is 2.08. The molecule has 0 atom stereocenters. The zero-order chi connectivity index (χ0) is 13.8. The second-order valence-corrected chi connectivity index (χ2v) is 5.13. The van der Waals surface area contributed by atoms with Crippen molar-refractivity contribution in [3.63, 3.8) is 0 Å². The van der Waals surface area contributed by atoms with Gasteiger partial charge in [0.1, 0.15) is 0 Å². The lowest BCUT2D eigenvalue weighted by molar-refractivity contribution is -0.385. The topological polar surface area (TPSA) is 119 Å². The zero-order valence-electron chi connectivity index (χ0n) is 9.49. The van der Waals surface area contributed by atoms with Crippen LogP contribution in [0, 0.1) is 10.1 Å². The lowest BCUT2D eigenvalue weighted by atomic mass is 10.2. The highest BCUT2D eigenvalue weighted by Crippen LogP contribution is 2.29. The summed E-state index contributed by atoms with van der Waals surface area (Å²) in [6.07, 6.45) is 0. The molecule has 0 aromatic heterocycles. The third-order valence-electron chi connectivity index (χ3n) is 2.01. The third kappa shape index (κ3) is 3.57. The number of anilines is 1. The molecule has 0 aliphatic heterocycles. The highest BCUT2D eigenvalue weighted by Gasteiger charge is 2.17. The normalized spacial score (nSPS) is 11.0. The number of hydrogen-bond donors (Lipinski definition) is 2. The van der Waals surface area contributed by atoms with Crippen LogP contribution in [0.15, 0.2) is 18.2 Å². The SMILES string of the molecule is COc1ccc(NS(=O)(=O)CCO)cc1[N+](=O)[O-]. The molecular weight excluding hydrogens is 264 g/mol. The first-order chi connectivity index (χ1) is 8.39. The minimum Gasteiger partial charge on any atom is -0.490 e. The van der Waals surface area contributed by atoms with Crippen LogP contribution in [0.25, 0.3) is 0 Å². The summed E-state index contributed by atoms with van der Waals surface area (Å²) in [6, 6.07) is 3.67. The van der Waals surface area contributed by atoms with Gasteiger partial charge in [-0.25, -0.2) is 8.42 Å². The van der Waals surface area contributed by atoms with Crippen molar-refractivity contribution in [2.45, 2.75) is 0 Å². The molecule has 1 aromatic carbocycles. The van der Waals surface area contributed by atoms with Crippen molar-refractivity contribution in [3.8, 4) is 5.75 Å². The predicted octanol–water partition coefficient (Wildman–Crippen LogP) is 0.337. The Morgan fingerprint density at radius 2 is 2.17 bits per heavy atom. The van der Waals surface area contributed by atoms with Gasteiger partial charge in [0, 0.05) is 6.07 Å². The van der Waals surface area contributed by atoms with Crippen molar-refractivity contribution < 1.29 is 23.2 Å². The molecule has 8 nitrogen and oxygen atoms in total. The van der Waals surface area contributed by atoms with Crippen molar-refractivity contribution in [1.29, 1.82) is 0 Å². The molecule has 2 N–H and O–H groups in total. The van der Waals surface area contributed by atoms with E-state index < -0.39 is 27.3 Å². The van der Waals surface area contributed by atoms with Crippen molar-refractivity contribution in [2.75, 3.05) is 24.2 Å². The molecule has 0 saturated carbocycles. The van der Waals surface area contributed by atoms with Crippen molar-refractivity contribution >= 4 is 21.4 Å². The number of ether oxygens (including phenoxy) is 1. The monoisotopic (exact) mass is 276 g/mol. The van der Waals surface area contributed by atoms with Gasteiger partial charge in [-0.3, -0.25) is 14.8 Å². The summed E-state index contributed by atoms with van der Waals surface area (Å²) in [5.74, 6) is -0.447. The second-order valence-electron chi connectivity index (χ2n) is 3.29. The van der Waals surface area contributed by atoms with E-state index in [1.54, 1.807) is 0 Å². The fraction of sp³-hybridized carbons (Fsp3) is 0.333. The Bertz CT molecular complexity index is 542. The number of aliphatic hydroxyl groups excluding tert-OH is 1. The lowest BCUT2D eigenvalue weighted by Crippen LogP contribution is -2.18. The molecule has 0 aliphatic rings. The van der Waals surface area contributed by atoms with Gasteiger partial charge in [-0.15, -0.1) is 0 Å². The van der Waals surface area contributed by atoms with E-state index in [1.165, 1.54) is 19.2 Å². The third-order valence-corrected chi connectivity index (χ3v) is 3.28. The van der Waals surface area contributed by atoms with Crippen LogP contribution < -0.4 is 9.46 Å². The van der Waals surface area contributed by atoms with Gasteiger partial charge >= 0.3 is 5.69 Å². The van der Waals surface area contributed by atoms with E-state index >= 15 is 0 Å². The van der Waals surface area contributed by atoms with E-state index in [1.807, 2.05) is 0 Å². The number of benzene rings is 1. The molecule has 0 aliphatic carbocycles. The molecule has 0 unspecified atom stereocenters. The van der Waals surface area contributed by atoms with E-state index in [9.17, 15) is 18.5 Å². The Morgan fingerprint density at radius 1 is 1.50 bits per heavy atom. The average molecular weight is 276 g/mol. The number of rotatable bonds is 6. The first-order valence-corrected chi connectivity index (χ1v) is 6.48. The lowest BCUT2D eigenvalue weighted by Gasteiger charge is -2.08. The minimum absolute atomic E-state index is 0.0325. The number of sulfonamides is 1. The van der Waals surface area contributed by atoms with E-state index in [0.717, 1.165) is 6.07 Å². The van der Waals surface area contributed by atoms with Crippen LogP contribution in [0.3, 0.4) is 0 Å². The van der Waals surface area contributed by atoms with Crippen LogP contribution in [0.4, 0.5) is 11.4 Å². The summed E-state index contributed by atoms with van der Waals surface area (Å²) >= 11 is 0. The van der Waals surface area contributed by atoms with Crippen LogP contribution in [0.5, 0.6) is 5.75 Å². The maximum atomic E-state index is 11.4. The number of nitro groups is 1. The van der Waals surface area contributed by atoms with E-state index in [-0.39, 0.29) is 17.1 Å². The standard InChI is InChI=1S/C9H12N2O6S/c1-17-9-3-2-7(6-8(9)11(13)14)10-18(15,16)5-4-12/h2-3,6,10,12H,4-5H2,1H3. The molecule has 0 bridgehead atoms. The number of nitro benzene ring substituents is 1. The van der Waals surface area contributed by atoms with E-state index in [0.29, 0.717) is 0 Å². The molecule has 100 valence electrons. The molecule has 0 spiro atoms. The average Bonchev–Trinajstić information content (AvgIpc) is 2.28. The Hall–Kier alpha value is -1.87. The first-order valence-electron chi connectivity index (χ1n) is 4.83. The quantitative estimate of drug-likeness (QED) is 0.571. The van der Waals surface area contributed by atoms with Crippen molar-refractivity contribution in [3.05, 3.63) is 28.3 Å². The largest absolute Gasteiger partial charge is 0.490 e. The molecule has 0 fully saturated rings. The molecule has 18 heavy (non-hydrogen) atoms. The first kappa shape index (κ1) is 14.2. The van der Waals surface area contributed by atoms with Crippen LogP contribution >= 0.6 is 0 Å². The number of methoxy groups -OCH3 is 1. The summed E-state index contributed by atoms with van der Waals surface area (Å²) in [6.45, 7) is -0.534. The molecule has 0 radical (unpaired) electrons. The van der Waals surface area contributed by atoms with Gasteiger partial charge in [0.15, 0.2) is 5.75 Å². The molecule has 9 heteroatoms. The summed E-state index contributed by atoms with van der Waals surface area (Å²) in [5.41, 5.74) is -0.308. The van der Waals surface area contributed by atoms with Gasteiger partial charge in [-0.05, 0) is 12.1 Å². The second kappa shape index (κ2) is 5.65. The highest BCUT2D eigenvalue weighted by molar-refractivity contribution is 7.92. The van der Waals surface area contributed by atoms with E-state index in [4.69, 9.17) is 9.84 Å². The highest BCUT2D eigenvalue weighted by atomic mass is 32.2. The smallest absolute Gasteiger partial charge is 0.312 e. The Morgan fingerprint density at radius 3 is 2.67 bits per heavy atom. The molecule has 0 heterocycles. The summed E-state index contributed by atoms with van der Waals surface area (Å²) in [4.78, 5) is 10.1. The molecule has 1 aromatic rings. The fourth-order valence-electron chi connectivity index (χ4n) is 1.25. The van der Waals surface area contributed by atoms with Gasteiger partial charge < -0.3 is 9.84 Å². The van der Waals surface area contributed by atoms with Gasteiger partial charge in [0.25, 0.3) is 0 Å². The Balaban J connectivity index is 3.06. The Labute approximate surface area is 103 Å². The molecule has 1 rings (SSSR count). The zero-order valence-corrected chi connectivity index (χ0v) is 10.3. The van der Waals surface area contributed by atoms with Crippen LogP contribution in [0.2, 0.25) is 0 Å².